The lowest BCUT2D eigenvalue weighted by atomic mass is 10.1. The van der Waals surface area contributed by atoms with Gasteiger partial charge < -0.3 is 5.32 Å². The maximum absolute atomic E-state index is 3.56. The Hall–Kier alpha value is 0.270. The first-order chi connectivity index (χ1) is 8.77. The molecule has 108 valence electrons. The summed E-state index contributed by atoms with van der Waals surface area (Å²) >= 11 is 1.92. The highest BCUT2D eigenvalue weighted by atomic mass is 32.2. The summed E-state index contributed by atoms with van der Waals surface area (Å²) in [5.41, 5.74) is 0. The summed E-state index contributed by atoms with van der Waals surface area (Å²) in [7, 11) is 0. The Kier molecular flexibility index (Phi) is 9.16. The van der Waals surface area contributed by atoms with E-state index in [1.807, 2.05) is 11.8 Å². The van der Waals surface area contributed by atoms with Crippen LogP contribution in [-0.2, 0) is 0 Å². The highest BCUT2D eigenvalue weighted by Gasteiger charge is 2.20. The molecule has 1 aliphatic carbocycles. The zero-order valence-electron chi connectivity index (χ0n) is 12.6. The molecule has 0 bridgehead atoms. The summed E-state index contributed by atoms with van der Waals surface area (Å²) in [5.74, 6) is 2.21. The maximum Gasteiger partial charge on any atom is 0.0110 e. The van der Waals surface area contributed by atoms with E-state index in [9.17, 15) is 0 Å². The smallest absolute Gasteiger partial charge is 0.0110 e. The van der Waals surface area contributed by atoms with Crippen LogP contribution in [0.3, 0.4) is 0 Å². The van der Waals surface area contributed by atoms with Crippen molar-refractivity contribution in [1.82, 2.24) is 10.2 Å². The fraction of sp³-hybridized carbons (Fsp3) is 1.00. The molecule has 0 radical (unpaired) electrons. The van der Waals surface area contributed by atoms with Crippen LogP contribution in [0.1, 0.15) is 46.0 Å². The molecule has 0 aromatic heterocycles. The van der Waals surface area contributed by atoms with Crippen LogP contribution in [0, 0.1) is 5.92 Å². The van der Waals surface area contributed by atoms with Gasteiger partial charge in [0.1, 0.15) is 0 Å². The minimum absolute atomic E-state index is 0.743. The van der Waals surface area contributed by atoms with Crippen LogP contribution in [0.2, 0.25) is 0 Å². The van der Waals surface area contributed by atoms with Gasteiger partial charge >= 0.3 is 0 Å². The highest BCUT2D eigenvalue weighted by molar-refractivity contribution is 7.98. The van der Waals surface area contributed by atoms with Crippen molar-refractivity contribution in [2.24, 2.45) is 5.92 Å². The Morgan fingerprint density at radius 2 is 2.00 bits per heavy atom. The van der Waals surface area contributed by atoms with Gasteiger partial charge in [-0.3, -0.25) is 4.90 Å². The summed E-state index contributed by atoms with van der Waals surface area (Å²) in [4.78, 5) is 2.71. The van der Waals surface area contributed by atoms with E-state index in [1.165, 1.54) is 50.9 Å². The zero-order valence-corrected chi connectivity index (χ0v) is 13.4. The van der Waals surface area contributed by atoms with E-state index in [0.717, 1.165) is 25.0 Å². The van der Waals surface area contributed by atoms with Gasteiger partial charge in [-0.15, -0.1) is 0 Å². The quantitative estimate of drug-likeness (QED) is 0.615. The minimum atomic E-state index is 0.743. The minimum Gasteiger partial charge on any atom is -0.315 e. The number of rotatable bonds is 10. The predicted molar refractivity (Wildman–Crippen MR) is 84.5 cm³/mol. The highest BCUT2D eigenvalue weighted by Crippen LogP contribution is 2.26. The first kappa shape index (κ1) is 16.3. The van der Waals surface area contributed by atoms with Crippen molar-refractivity contribution >= 4 is 11.8 Å². The molecule has 1 N–H and O–H groups in total. The zero-order chi connectivity index (χ0) is 13.2. The van der Waals surface area contributed by atoms with Crippen molar-refractivity contribution in [3.63, 3.8) is 0 Å². The summed E-state index contributed by atoms with van der Waals surface area (Å²) in [6, 6.07) is 0.743. The van der Waals surface area contributed by atoms with Crippen molar-refractivity contribution in [2.75, 3.05) is 38.2 Å². The van der Waals surface area contributed by atoms with E-state index in [1.54, 1.807) is 0 Å². The van der Waals surface area contributed by atoms with Gasteiger partial charge in [-0.05, 0) is 38.4 Å². The Morgan fingerprint density at radius 3 is 2.61 bits per heavy atom. The molecule has 0 aromatic rings. The van der Waals surface area contributed by atoms with Crippen LogP contribution in [0.4, 0.5) is 0 Å². The number of nitrogens with one attached hydrogen (secondary N) is 1. The molecule has 0 spiro atoms. The molecule has 0 saturated heterocycles. The second kappa shape index (κ2) is 10.1. The largest absolute Gasteiger partial charge is 0.315 e. The van der Waals surface area contributed by atoms with E-state index < -0.39 is 0 Å². The topological polar surface area (TPSA) is 15.3 Å². The van der Waals surface area contributed by atoms with Crippen molar-refractivity contribution in [3.8, 4) is 0 Å². The molecule has 1 saturated carbocycles. The van der Waals surface area contributed by atoms with Crippen LogP contribution in [0.5, 0.6) is 0 Å². The molecule has 1 aliphatic rings. The maximum atomic E-state index is 3.56. The summed E-state index contributed by atoms with van der Waals surface area (Å²) in [6.07, 6.45) is 9.31. The van der Waals surface area contributed by atoms with Gasteiger partial charge in [0.15, 0.2) is 0 Å². The average molecular weight is 273 g/mol. The van der Waals surface area contributed by atoms with Gasteiger partial charge in [-0.1, -0.05) is 19.8 Å². The fourth-order valence-electron chi connectivity index (χ4n) is 2.80. The van der Waals surface area contributed by atoms with Gasteiger partial charge in [-0.25, -0.2) is 0 Å². The van der Waals surface area contributed by atoms with Crippen LogP contribution < -0.4 is 5.32 Å². The van der Waals surface area contributed by atoms with Gasteiger partial charge in [0.25, 0.3) is 0 Å². The van der Waals surface area contributed by atoms with Gasteiger partial charge in [-0.2, -0.15) is 11.8 Å². The molecule has 2 nitrogen and oxygen atoms in total. The number of hydrogen-bond acceptors (Lipinski definition) is 3. The monoisotopic (exact) mass is 272 g/mol. The van der Waals surface area contributed by atoms with Crippen molar-refractivity contribution in [3.05, 3.63) is 0 Å². The fourth-order valence-corrected chi connectivity index (χ4v) is 3.14. The van der Waals surface area contributed by atoms with E-state index in [0.29, 0.717) is 0 Å². The summed E-state index contributed by atoms with van der Waals surface area (Å²) in [5, 5.41) is 3.56. The lowest BCUT2D eigenvalue weighted by molar-refractivity contribution is 0.174. The van der Waals surface area contributed by atoms with Crippen molar-refractivity contribution < 1.29 is 0 Å². The molecule has 3 heteroatoms. The average Bonchev–Trinajstić information content (AvgIpc) is 2.89. The summed E-state index contributed by atoms with van der Waals surface area (Å²) < 4.78 is 0. The molecule has 1 atom stereocenters. The van der Waals surface area contributed by atoms with Crippen LogP contribution in [-0.4, -0.2) is 49.1 Å². The molecular weight excluding hydrogens is 240 g/mol. The lowest BCUT2D eigenvalue weighted by Crippen LogP contribution is -2.41. The second-order valence-corrected chi connectivity index (χ2v) is 6.63. The molecule has 0 aromatic carbocycles. The van der Waals surface area contributed by atoms with E-state index in [2.05, 4.69) is 30.3 Å². The molecular formula is C15H32N2S. The molecule has 1 unspecified atom stereocenters. The molecule has 0 aliphatic heterocycles. The Labute approximate surface area is 118 Å². The van der Waals surface area contributed by atoms with E-state index in [-0.39, 0.29) is 0 Å². The Morgan fingerprint density at radius 1 is 1.28 bits per heavy atom. The third kappa shape index (κ3) is 6.44. The number of hydrogen-bond donors (Lipinski definition) is 1. The molecule has 18 heavy (non-hydrogen) atoms. The molecule has 1 rings (SSSR count). The molecule has 1 fully saturated rings. The molecule has 0 amide bonds. The third-order valence-electron chi connectivity index (χ3n) is 4.24. The SMILES string of the molecule is CCC(C)N(CCNCCSC)CC1CCCC1. The molecule has 0 heterocycles. The van der Waals surface area contributed by atoms with Crippen molar-refractivity contribution in [2.45, 2.75) is 52.0 Å². The van der Waals surface area contributed by atoms with E-state index >= 15 is 0 Å². The van der Waals surface area contributed by atoms with Crippen LogP contribution in [0.25, 0.3) is 0 Å². The summed E-state index contributed by atoms with van der Waals surface area (Å²) in [6.45, 7) is 9.56. The Balaban J connectivity index is 2.21. The Bertz CT molecular complexity index is 193. The van der Waals surface area contributed by atoms with Crippen molar-refractivity contribution in [1.29, 1.82) is 0 Å². The lowest BCUT2D eigenvalue weighted by Gasteiger charge is -2.31. The van der Waals surface area contributed by atoms with Gasteiger partial charge in [0.2, 0.25) is 0 Å². The predicted octanol–water partition coefficient (Wildman–Crippen LogP) is 3.23. The normalized spacial score (nSPS) is 18.7. The number of thioether (sulfide) groups is 1. The van der Waals surface area contributed by atoms with Crippen LogP contribution in [0.15, 0.2) is 0 Å². The van der Waals surface area contributed by atoms with E-state index in [4.69, 9.17) is 0 Å². The second-order valence-electron chi connectivity index (χ2n) is 5.65. The van der Waals surface area contributed by atoms with Crippen LogP contribution >= 0.6 is 11.8 Å². The van der Waals surface area contributed by atoms with Gasteiger partial charge in [0, 0.05) is 38.0 Å². The first-order valence-electron chi connectivity index (χ1n) is 7.71. The third-order valence-corrected chi connectivity index (χ3v) is 4.85. The number of nitrogens with zero attached hydrogens (tertiary/aromatic N) is 1. The first-order valence-corrected chi connectivity index (χ1v) is 9.11. The standard InChI is InChI=1S/C15H32N2S/c1-4-14(2)17(11-9-16-10-12-18-3)13-15-7-5-6-8-15/h14-16H,4-13H2,1-3H3. The van der Waals surface area contributed by atoms with Gasteiger partial charge in [0.05, 0.1) is 0 Å².